The summed E-state index contributed by atoms with van der Waals surface area (Å²) in [5, 5.41) is 1.71. The molecule has 1 aliphatic rings. The molecule has 27 heavy (non-hydrogen) atoms. The van der Waals surface area contributed by atoms with Crippen molar-refractivity contribution in [1.29, 1.82) is 0 Å². The molecule has 0 saturated heterocycles. The highest BCUT2D eigenvalue weighted by atomic mass is 35.5. The van der Waals surface area contributed by atoms with Crippen molar-refractivity contribution in [3.8, 4) is 0 Å². The summed E-state index contributed by atoms with van der Waals surface area (Å²) in [6.07, 6.45) is 2.61. The zero-order valence-corrected chi connectivity index (χ0v) is 16.8. The van der Waals surface area contributed by atoms with E-state index in [0.717, 1.165) is 40.7 Å². The molecule has 2 heterocycles. The van der Waals surface area contributed by atoms with Crippen LogP contribution >= 0.6 is 11.6 Å². The van der Waals surface area contributed by atoms with Crippen molar-refractivity contribution in [2.24, 2.45) is 0 Å². The van der Waals surface area contributed by atoms with Crippen LogP contribution in [0.2, 0.25) is 5.02 Å². The van der Waals surface area contributed by atoms with E-state index >= 15 is 0 Å². The molecule has 0 unspecified atom stereocenters. The van der Waals surface area contributed by atoms with Gasteiger partial charge in [-0.2, -0.15) is 0 Å². The summed E-state index contributed by atoms with van der Waals surface area (Å²) in [4.78, 5) is 7.10. The van der Waals surface area contributed by atoms with E-state index in [1.165, 1.54) is 4.31 Å². The van der Waals surface area contributed by atoms with Gasteiger partial charge in [0.1, 0.15) is 0 Å². The number of hydrogen-bond donors (Lipinski definition) is 0. The van der Waals surface area contributed by atoms with Crippen LogP contribution in [0, 0.1) is 0 Å². The Hall–Kier alpha value is -2.15. The van der Waals surface area contributed by atoms with Gasteiger partial charge in [0.15, 0.2) is 0 Å². The van der Waals surface area contributed by atoms with E-state index in [1.54, 1.807) is 32.4 Å². The summed E-state index contributed by atoms with van der Waals surface area (Å²) < 4.78 is 26.0. The Morgan fingerprint density at radius 3 is 2.78 bits per heavy atom. The topological polar surface area (TPSA) is 53.5 Å². The van der Waals surface area contributed by atoms with Crippen LogP contribution in [-0.2, 0) is 23.0 Å². The summed E-state index contributed by atoms with van der Waals surface area (Å²) >= 11 is 6.29. The third kappa shape index (κ3) is 3.29. The molecule has 1 aliphatic heterocycles. The SMILES string of the molecule is CN(C)S(=O)(=O)c1ccc2c(c1)CCN2Cc1cc(Cl)cc2cccnc12. The van der Waals surface area contributed by atoms with Crippen LogP contribution in [0.5, 0.6) is 0 Å². The fourth-order valence-corrected chi connectivity index (χ4v) is 4.74. The van der Waals surface area contributed by atoms with Gasteiger partial charge in [0, 0.05) is 49.5 Å². The van der Waals surface area contributed by atoms with Gasteiger partial charge >= 0.3 is 0 Å². The third-order valence-electron chi connectivity index (χ3n) is 4.93. The molecule has 1 aromatic heterocycles. The summed E-state index contributed by atoms with van der Waals surface area (Å²) in [5.74, 6) is 0. The van der Waals surface area contributed by atoms with Crippen LogP contribution < -0.4 is 4.90 Å². The first-order valence-electron chi connectivity index (χ1n) is 8.70. The number of sulfonamides is 1. The van der Waals surface area contributed by atoms with E-state index in [-0.39, 0.29) is 0 Å². The van der Waals surface area contributed by atoms with Gasteiger partial charge in [-0.15, -0.1) is 0 Å². The fraction of sp³-hybridized carbons (Fsp3) is 0.250. The molecule has 0 saturated carbocycles. The molecule has 0 aliphatic carbocycles. The predicted molar refractivity (Wildman–Crippen MR) is 109 cm³/mol. The number of nitrogens with zero attached hydrogens (tertiary/aromatic N) is 3. The minimum absolute atomic E-state index is 0.336. The van der Waals surface area contributed by atoms with Crippen LogP contribution in [0.1, 0.15) is 11.1 Å². The Labute approximate surface area is 164 Å². The molecule has 140 valence electrons. The van der Waals surface area contributed by atoms with E-state index in [2.05, 4.69) is 9.88 Å². The molecule has 0 fully saturated rings. The number of anilines is 1. The average Bonchev–Trinajstić information content (AvgIpc) is 3.03. The Morgan fingerprint density at radius 2 is 2.00 bits per heavy atom. The average molecular weight is 402 g/mol. The van der Waals surface area contributed by atoms with Crippen LogP contribution in [-0.4, -0.2) is 38.3 Å². The maximum absolute atomic E-state index is 12.4. The number of fused-ring (bicyclic) bond motifs is 2. The minimum atomic E-state index is -3.42. The molecular weight excluding hydrogens is 382 g/mol. The second-order valence-electron chi connectivity index (χ2n) is 6.89. The smallest absolute Gasteiger partial charge is 0.242 e. The number of rotatable bonds is 4. The molecule has 0 radical (unpaired) electrons. The van der Waals surface area contributed by atoms with Crippen molar-refractivity contribution < 1.29 is 8.42 Å². The van der Waals surface area contributed by atoms with Crippen LogP contribution in [0.25, 0.3) is 10.9 Å². The number of benzene rings is 2. The van der Waals surface area contributed by atoms with Crippen LogP contribution in [0.15, 0.2) is 53.6 Å². The molecule has 0 N–H and O–H groups in total. The number of pyridine rings is 1. The van der Waals surface area contributed by atoms with Crippen molar-refractivity contribution >= 4 is 38.2 Å². The van der Waals surface area contributed by atoms with Crippen molar-refractivity contribution in [1.82, 2.24) is 9.29 Å². The molecule has 4 rings (SSSR count). The number of aromatic nitrogens is 1. The second kappa shape index (κ2) is 6.78. The maximum Gasteiger partial charge on any atom is 0.242 e. The summed E-state index contributed by atoms with van der Waals surface area (Å²) in [6, 6.07) is 13.2. The van der Waals surface area contributed by atoms with Gasteiger partial charge in [-0.3, -0.25) is 4.98 Å². The summed E-state index contributed by atoms with van der Waals surface area (Å²) in [5.41, 5.74) is 4.13. The van der Waals surface area contributed by atoms with Crippen LogP contribution in [0.3, 0.4) is 0 Å². The highest BCUT2D eigenvalue weighted by molar-refractivity contribution is 7.89. The number of hydrogen-bond acceptors (Lipinski definition) is 4. The molecule has 0 bridgehead atoms. The highest BCUT2D eigenvalue weighted by Gasteiger charge is 2.24. The Morgan fingerprint density at radius 1 is 1.19 bits per heavy atom. The van der Waals surface area contributed by atoms with Crippen molar-refractivity contribution in [3.63, 3.8) is 0 Å². The van der Waals surface area contributed by atoms with E-state index in [0.29, 0.717) is 16.5 Å². The lowest BCUT2D eigenvalue weighted by Crippen LogP contribution is -2.22. The highest BCUT2D eigenvalue weighted by Crippen LogP contribution is 2.33. The van der Waals surface area contributed by atoms with E-state index in [1.807, 2.05) is 30.3 Å². The Balaban J connectivity index is 1.69. The predicted octanol–water partition coefficient (Wildman–Crippen LogP) is 3.70. The lowest BCUT2D eigenvalue weighted by Gasteiger charge is -2.21. The monoisotopic (exact) mass is 401 g/mol. The zero-order valence-electron chi connectivity index (χ0n) is 15.2. The lowest BCUT2D eigenvalue weighted by molar-refractivity contribution is 0.520. The zero-order chi connectivity index (χ0) is 19.2. The van der Waals surface area contributed by atoms with Gasteiger partial charge in [-0.25, -0.2) is 12.7 Å². The largest absolute Gasteiger partial charge is 0.367 e. The summed E-state index contributed by atoms with van der Waals surface area (Å²) in [6.45, 7) is 1.52. The van der Waals surface area contributed by atoms with Gasteiger partial charge in [0.2, 0.25) is 10.0 Å². The molecule has 0 spiro atoms. The first kappa shape index (κ1) is 18.2. The standard InChI is InChI=1S/C20H20ClN3O2S/c1-23(2)27(25,26)18-5-6-19-14(12-18)7-9-24(19)13-16-11-17(21)10-15-4-3-8-22-20(15)16/h3-6,8,10-12H,7,9,13H2,1-2H3. The second-order valence-corrected chi connectivity index (χ2v) is 9.48. The van der Waals surface area contributed by atoms with Crippen molar-refractivity contribution in [2.45, 2.75) is 17.9 Å². The van der Waals surface area contributed by atoms with Gasteiger partial charge in [0.25, 0.3) is 0 Å². The molecule has 3 aromatic rings. The maximum atomic E-state index is 12.4. The first-order chi connectivity index (χ1) is 12.9. The van der Waals surface area contributed by atoms with E-state index in [9.17, 15) is 8.42 Å². The van der Waals surface area contributed by atoms with Crippen molar-refractivity contribution in [3.05, 3.63) is 64.8 Å². The van der Waals surface area contributed by atoms with Crippen LogP contribution in [0.4, 0.5) is 5.69 Å². The van der Waals surface area contributed by atoms with Gasteiger partial charge < -0.3 is 4.90 Å². The van der Waals surface area contributed by atoms with Gasteiger partial charge in [-0.05, 0) is 53.9 Å². The van der Waals surface area contributed by atoms with E-state index in [4.69, 9.17) is 11.6 Å². The molecule has 0 atom stereocenters. The Kier molecular flexibility index (Phi) is 4.58. The van der Waals surface area contributed by atoms with Crippen molar-refractivity contribution in [2.75, 3.05) is 25.5 Å². The minimum Gasteiger partial charge on any atom is -0.367 e. The molecule has 2 aromatic carbocycles. The normalized spacial score (nSPS) is 14.1. The number of halogens is 1. The molecule has 0 amide bonds. The van der Waals surface area contributed by atoms with Gasteiger partial charge in [0.05, 0.1) is 10.4 Å². The van der Waals surface area contributed by atoms with Gasteiger partial charge in [-0.1, -0.05) is 17.7 Å². The Bertz CT molecular complexity index is 1130. The first-order valence-corrected chi connectivity index (χ1v) is 10.5. The molecule has 5 nitrogen and oxygen atoms in total. The quantitative estimate of drug-likeness (QED) is 0.668. The lowest BCUT2D eigenvalue weighted by atomic mass is 10.1. The summed E-state index contributed by atoms with van der Waals surface area (Å²) in [7, 11) is -0.326. The third-order valence-corrected chi connectivity index (χ3v) is 6.96. The molecule has 7 heteroatoms. The fourth-order valence-electron chi connectivity index (χ4n) is 3.54. The van der Waals surface area contributed by atoms with E-state index < -0.39 is 10.0 Å². The molecular formula is C20H20ClN3O2S.